The number of carboxylic acids is 1. The van der Waals surface area contributed by atoms with Gasteiger partial charge in [0.2, 0.25) is 5.88 Å². The molecule has 1 saturated carbocycles. The molecule has 2 aliphatic rings. The lowest BCUT2D eigenvalue weighted by atomic mass is 9.80. The van der Waals surface area contributed by atoms with Crippen molar-refractivity contribution >= 4 is 17.0 Å². The third-order valence-electron chi connectivity index (χ3n) is 7.30. The smallest absolute Gasteiger partial charge is 0.335 e. The second-order valence-corrected chi connectivity index (χ2v) is 10.1. The van der Waals surface area contributed by atoms with Crippen LogP contribution in [0.25, 0.3) is 11.0 Å². The van der Waals surface area contributed by atoms with Crippen molar-refractivity contribution in [3.05, 3.63) is 77.3 Å². The standard InChI is InChI=1S/C29H26FN5O5/c30-22-11-17(14-31)1-4-25(22)39-16-26-32-7-5-28(34-26)40-21-9-18(10-21)12-27-33-23-3-2-19(29(36)37)13-24(23)35(27)15-20-6-8-38-20/h1-5,7,11,13,18,20-21H,6,8-10,12,15-16H2,(H,36,37)/t18-,20-,21+/m0/s1. The molecule has 204 valence electrons. The Morgan fingerprint density at radius 1 is 1.20 bits per heavy atom. The molecule has 0 bridgehead atoms. The van der Waals surface area contributed by atoms with Crippen LogP contribution in [0.3, 0.4) is 0 Å². The predicted octanol–water partition coefficient (Wildman–Crippen LogP) is 4.30. The van der Waals surface area contributed by atoms with Crippen molar-refractivity contribution in [1.82, 2.24) is 19.5 Å². The molecule has 0 amide bonds. The minimum absolute atomic E-state index is 0.00366. The fraction of sp³-hybridized carbons (Fsp3) is 0.345. The molecule has 1 aliphatic heterocycles. The number of halogens is 1. The summed E-state index contributed by atoms with van der Waals surface area (Å²) in [7, 11) is 0. The molecule has 1 aliphatic carbocycles. The topological polar surface area (TPSA) is 132 Å². The van der Waals surface area contributed by atoms with E-state index < -0.39 is 11.8 Å². The molecule has 0 spiro atoms. The zero-order valence-electron chi connectivity index (χ0n) is 21.5. The lowest BCUT2D eigenvalue weighted by Gasteiger charge is -2.35. The monoisotopic (exact) mass is 543 g/mol. The van der Waals surface area contributed by atoms with E-state index in [-0.39, 0.29) is 35.7 Å². The molecule has 1 saturated heterocycles. The van der Waals surface area contributed by atoms with Crippen LogP contribution in [0.5, 0.6) is 11.6 Å². The molecule has 11 heteroatoms. The Bertz CT molecular complexity index is 1610. The fourth-order valence-corrected chi connectivity index (χ4v) is 5.01. The van der Waals surface area contributed by atoms with Gasteiger partial charge in [0, 0.05) is 25.3 Å². The van der Waals surface area contributed by atoms with Crippen molar-refractivity contribution in [2.24, 2.45) is 5.92 Å². The number of aromatic nitrogens is 4. The van der Waals surface area contributed by atoms with Gasteiger partial charge in [-0.05, 0) is 61.6 Å². The van der Waals surface area contributed by atoms with Gasteiger partial charge in [0.15, 0.2) is 17.4 Å². The van der Waals surface area contributed by atoms with Crippen LogP contribution in [-0.4, -0.2) is 49.4 Å². The van der Waals surface area contributed by atoms with Gasteiger partial charge in [0.25, 0.3) is 0 Å². The van der Waals surface area contributed by atoms with E-state index in [4.69, 9.17) is 24.5 Å². The number of nitrogens with zero attached hydrogens (tertiary/aromatic N) is 5. The van der Waals surface area contributed by atoms with Crippen LogP contribution < -0.4 is 9.47 Å². The van der Waals surface area contributed by atoms with Crippen LogP contribution >= 0.6 is 0 Å². The van der Waals surface area contributed by atoms with Crippen LogP contribution in [0.4, 0.5) is 4.39 Å². The largest absolute Gasteiger partial charge is 0.483 e. The number of fused-ring (bicyclic) bond motifs is 1. The molecule has 1 N–H and O–H groups in total. The summed E-state index contributed by atoms with van der Waals surface area (Å²) < 4.78 is 33.4. The predicted molar refractivity (Wildman–Crippen MR) is 139 cm³/mol. The number of nitriles is 1. The normalized spacial score (nSPS) is 19.9. The zero-order valence-corrected chi connectivity index (χ0v) is 21.5. The minimum Gasteiger partial charge on any atom is -0.483 e. The zero-order chi connectivity index (χ0) is 27.6. The lowest BCUT2D eigenvalue weighted by molar-refractivity contribution is -0.0592. The van der Waals surface area contributed by atoms with E-state index in [0.29, 0.717) is 24.2 Å². The molecule has 4 aromatic rings. The van der Waals surface area contributed by atoms with Crippen LogP contribution in [0.15, 0.2) is 48.7 Å². The first-order valence-electron chi connectivity index (χ1n) is 13.1. The Balaban J connectivity index is 1.07. The maximum Gasteiger partial charge on any atom is 0.335 e. The molecule has 3 heterocycles. The van der Waals surface area contributed by atoms with Gasteiger partial charge in [0.05, 0.1) is 40.9 Å². The van der Waals surface area contributed by atoms with Gasteiger partial charge in [0.1, 0.15) is 18.5 Å². The highest BCUT2D eigenvalue weighted by atomic mass is 19.1. The Hall–Kier alpha value is -4.56. The third-order valence-corrected chi connectivity index (χ3v) is 7.30. The van der Waals surface area contributed by atoms with E-state index in [1.807, 2.05) is 6.07 Å². The Labute approximate surface area is 229 Å². The Kier molecular flexibility index (Phi) is 7.00. The highest BCUT2D eigenvalue weighted by Gasteiger charge is 2.33. The molecule has 2 aromatic carbocycles. The summed E-state index contributed by atoms with van der Waals surface area (Å²) in [6.45, 7) is 1.36. The summed E-state index contributed by atoms with van der Waals surface area (Å²) in [5.41, 5.74) is 2.05. The number of rotatable bonds is 10. The van der Waals surface area contributed by atoms with Gasteiger partial charge in [-0.2, -0.15) is 10.2 Å². The number of carbonyl (C=O) groups is 1. The average molecular weight is 544 g/mol. The number of ether oxygens (including phenoxy) is 3. The van der Waals surface area contributed by atoms with Crippen LogP contribution in [0, 0.1) is 23.1 Å². The first-order chi connectivity index (χ1) is 19.4. The summed E-state index contributed by atoms with van der Waals surface area (Å²) in [5, 5.41) is 18.3. The van der Waals surface area contributed by atoms with E-state index in [2.05, 4.69) is 14.5 Å². The SMILES string of the molecule is N#Cc1ccc(OCc2nccc(O[C@H]3C[C@@H](Cc4nc5ccc(C(=O)O)cc5n4C[C@@H]4CCO4)C3)n2)c(F)c1. The molecule has 0 unspecified atom stereocenters. The quantitative estimate of drug-likeness (QED) is 0.311. The summed E-state index contributed by atoms with van der Waals surface area (Å²) in [4.78, 5) is 24.9. The molecule has 40 heavy (non-hydrogen) atoms. The number of aromatic carboxylic acids is 1. The van der Waals surface area contributed by atoms with Crippen LogP contribution in [-0.2, 0) is 24.3 Å². The molecular weight excluding hydrogens is 517 g/mol. The fourth-order valence-electron chi connectivity index (χ4n) is 5.01. The van der Waals surface area contributed by atoms with Crippen molar-refractivity contribution in [2.75, 3.05) is 6.61 Å². The molecule has 2 fully saturated rings. The Morgan fingerprint density at radius 2 is 2.05 bits per heavy atom. The third kappa shape index (κ3) is 5.44. The van der Waals surface area contributed by atoms with E-state index >= 15 is 0 Å². The van der Waals surface area contributed by atoms with Crippen molar-refractivity contribution in [2.45, 2.75) is 51.0 Å². The number of hydrogen-bond donors (Lipinski definition) is 1. The van der Waals surface area contributed by atoms with Crippen LogP contribution in [0.1, 0.15) is 46.8 Å². The molecule has 0 radical (unpaired) electrons. The number of imidazole rings is 1. The first-order valence-corrected chi connectivity index (χ1v) is 13.1. The Morgan fingerprint density at radius 3 is 2.77 bits per heavy atom. The van der Waals surface area contributed by atoms with E-state index in [9.17, 15) is 14.3 Å². The number of hydrogen-bond acceptors (Lipinski definition) is 8. The molecular formula is C29H26FN5O5. The lowest BCUT2D eigenvalue weighted by Crippen LogP contribution is -2.36. The van der Waals surface area contributed by atoms with Gasteiger partial charge in [-0.25, -0.2) is 19.2 Å². The number of carboxylic acid groups (broad SMARTS) is 1. The molecule has 6 rings (SSSR count). The number of benzene rings is 2. The highest BCUT2D eigenvalue weighted by Crippen LogP contribution is 2.34. The molecule has 10 nitrogen and oxygen atoms in total. The maximum absolute atomic E-state index is 14.1. The van der Waals surface area contributed by atoms with Crippen LogP contribution in [0.2, 0.25) is 0 Å². The van der Waals surface area contributed by atoms with Gasteiger partial charge in [-0.1, -0.05) is 0 Å². The van der Waals surface area contributed by atoms with Gasteiger partial charge < -0.3 is 23.9 Å². The minimum atomic E-state index is -0.962. The van der Waals surface area contributed by atoms with E-state index in [1.165, 1.54) is 12.1 Å². The second kappa shape index (κ2) is 10.9. The molecule has 2 aromatic heterocycles. The first kappa shape index (κ1) is 25.7. The van der Waals surface area contributed by atoms with E-state index in [1.54, 1.807) is 30.5 Å². The summed E-state index contributed by atoms with van der Waals surface area (Å²) in [6.07, 6.45) is 5.07. The van der Waals surface area contributed by atoms with Crippen molar-refractivity contribution < 1.29 is 28.5 Å². The van der Waals surface area contributed by atoms with Gasteiger partial charge in [-0.15, -0.1) is 0 Å². The van der Waals surface area contributed by atoms with Gasteiger partial charge >= 0.3 is 5.97 Å². The maximum atomic E-state index is 14.1. The summed E-state index contributed by atoms with van der Waals surface area (Å²) >= 11 is 0. The van der Waals surface area contributed by atoms with E-state index in [0.717, 1.165) is 55.2 Å². The second-order valence-electron chi connectivity index (χ2n) is 10.1. The van der Waals surface area contributed by atoms with Gasteiger partial charge in [-0.3, -0.25) is 0 Å². The van der Waals surface area contributed by atoms with Crippen molar-refractivity contribution in [1.29, 1.82) is 5.26 Å². The molecule has 1 atom stereocenters. The van der Waals surface area contributed by atoms with Crippen molar-refractivity contribution in [3.8, 4) is 17.7 Å². The summed E-state index contributed by atoms with van der Waals surface area (Å²) in [6, 6.07) is 12.6. The highest BCUT2D eigenvalue weighted by molar-refractivity contribution is 5.92. The summed E-state index contributed by atoms with van der Waals surface area (Å²) in [5.74, 6) is 0.500. The van der Waals surface area contributed by atoms with Crippen molar-refractivity contribution in [3.63, 3.8) is 0 Å². The average Bonchev–Trinajstić information content (AvgIpc) is 3.25.